The van der Waals surface area contributed by atoms with E-state index in [1.807, 2.05) is 6.92 Å². The van der Waals surface area contributed by atoms with Gasteiger partial charge in [0.05, 0.1) is 6.20 Å². The summed E-state index contributed by atoms with van der Waals surface area (Å²) >= 11 is 0. The maximum absolute atomic E-state index is 13.4. The van der Waals surface area contributed by atoms with E-state index in [4.69, 9.17) is 0 Å². The van der Waals surface area contributed by atoms with Gasteiger partial charge in [0.15, 0.2) is 0 Å². The van der Waals surface area contributed by atoms with E-state index in [-0.39, 0.29) is 6.54 Å². The lowest BCUT2D eigenvalue weighted by molar-refractivity contribution is 0.0942. The van der Waals surface area contributed by atoms with Gasteiger partial charge in [-0.2, -0.15) is 5.10 Å². The highest BCUT2D eigenvalue weighted by atomic mass is 19.1. The fraction of sp³-hybridized carbons (Fsp3) is 0.231. The first kappa shape index (κ1) is 13.2. The van der Waals surface area contributed by atoms with Gasteiger partial charge in [-0.1, -0.05) is 6.07 Å². The van der Waals surface area contributed by atoms with Gasteiger partial charge in [0, 0.05) is 24.8 Å². The minimum Gasteiger partial charge on any atom is -0.348 e. The van der Waals surface area contributed by atoms with Crippen LogP contribution in [0.25, 0.3) is 0 Å². The number of hydrogen-bond acceptors (Lipinski definition) is 2. The highest BCUT2D eigenvalue weighted by molar-refractivity contribution is 5.94. The summed E-state index contributed by atoms with van der Waals surface area (Å²) < 4.78 is 28.4. The smallest absolute Gasteiger partial charge is 0.257 e. The van der Waals surface area contributed by atoms with Crippen molar-refractivity contribution >= 4 is 5.91 Å². The van der Waals surface area contributed by atoms with Crippen LogP contribution in [-0.2, 0) is 13.1 Å². The Bertz CT molecular complexity index is 575. The van der Waals surface area contributed by atoms with Crippen molar-refractivity contribution in [1.29, 1.82) is 0 Å². The SMILES string of the molecule is CCn1cc(CNC(=O)c2c(F)cccc2F)cn1. The minimum absolute atomic E-state index is 0.173. The van der Waals surface area contributed by atoms with Crippen LogP contribution in [0.15, 0.2) is 30.6 Å². The van der Waals surface area contributed by atoms with Gasteiger partial charge in [-0.3, -0.25) is 9.48 Å². The molecule has 2 rings (SSSR count). The standard InChI is InChI=1S/C13H13F2N3O/c1-2-18-8-9(7-17-18)6-16-13(19)12-10(14)4-3-5-11(12)15/h3-5,7-8H,2,6H2,1H3,(H,16,19). The van der Waals surface area contributed by atoms with Gasteiger partial charge in [-0.15, -0.1) is 0 Å². The number of amides is 1. The zero-order valence-electron chi connectivity index (χ0n) is 10.4. The number of benzene rings is 1. The van der Waals surface area contributed by atoms with E-state index in [0.717, 1.165) is 24.2 Å². The number of hydrogen-bond donors (Lipinski definition) is 1. The summed E-state index contributed by atoms with van der Waals surface area (Å²) in [5.74, 6) is -2.52. The summed E-state index contributed by atoms with van der Waals surface area (Å²) in [7, 11) is 0. The van der Waals surface area contributed by atoms with Crippen LogP contribution >= 0.6 is 0 Å². The fourth-order valence-electron chi connectivity index (χ4n) is 1.66. The molecule has 0 aliphatic carbocycles. The Hall–Kier alpha value is -2.24. The summed E-state index contributed by atoms with van der Waals surface area (Å²) in [6.07, 6.45) is 3.36. The number of rotatable bonds is 4. The van der Waals surface area contributed by atoms with E-state index in [9.17, 15) is 13.6 Å². The molecule has 0 aliphatic rings. The van der Waals surface area contributed by atoms with Crippen molar-refractivity contribution < 1.29 is 13.6 Å². The van der Waals surface area contributed by atoms with Gasteiger partial charge in [0.2, 0.25) is 0 Å². The third-order valence-corrected chi connectivity index (χ3v) is 2.65. The Labute approximate surface area is 109 Å². The molecule has 100 valence electrons. The molecular weight excluding hydrogens is 252 g/mol. The Kier molecular flexibility index (Phi) is 3.89. The second-order valence-corrected chi connectivity index (χ2v) is 3.98. The van der Waals surface area contributed by atoms with Gasteiger partial charge < -0.3 is 5.32 Å². The van der Waals surface area contributed by atoms with Crippen LogP contribution in [0.5, 0.6) is 0 Å². The molecule has 0 unspecified atom stereocenters. The predicted octanol–water partition coefficient (Wildman–Crippen LogP) is 2.11. The summed E-state index contributed by atoms with van der Waals surface area (Å²) in [4.78, 5) is 11.7. The number of nitrogens with one attached hydrogen (secondary N) is 1. The number of nitrogens with zero attached hydrogens (tertiary/aromatic N) is 2. The lowest BCUT2D eigenvalue weighted by Crippen LogP contribution is -2.24. The van der Waals surface area contributed by atoms with Crippen LogP contribution in [-0.4, -0.2) is 15.7 Å². The number of aromatic nitrogens is 2. The largest absolute Gasteiger partial charge is 0.348 e. The van der Waals surface area contributed by atoms with Gasteiger partial charge in [0.25, 0.3) is 5.91 Å². The van der Waals surface area contributed by atoms with E-state index in [2.05, 4.69) is 10.4 Å². The van der Waals surface area contributed by atoms with Crippen LogP contribution in [0.3, 0.4) is 0 Å². The molecule has 0 bridgehead atoms. The van der Waals surface area contributed by atoms with E-state index in [1.54, 1.807) is 17.1 Å². The Balaban J connectivity index is 2.05. The van der Waals surface area contributed by atoms with E-state index < -0.39 is 23.1 Å². The van der Waals surface area contributed by atoms with Gasteiger partial charge in [-0.05, 0) is 19.1 Å². The molecule has 0 saturated carbocycles. The van der Waals surface area contributed by atoms with Crippen molar-refractivity contribution in [2.75, 3.05) is 0 Å². The molecule has 1 aromatic carbocycles. The van der Waals surface area contributed by atoms with Crippen LogP contribution in [0.2, 0.25) is 0 Å². The van der Waals surface area contributed by atoms with Crippen molar-refractivity contribution in [3.8, 4) is 0 Å². The van der Waals surface area contributed by atoms with E-state index in [1.165, 1.54) is 6.07 Å². The van der Waals surface area contributed by atoms with Crippen LogP contribution in [0, 0.1) is 11.6 Å². The average Bonchev–Trinajstić information content (AvgIpc) is 2.84. The number of carbonyl (C=O) groups excluding carboxylic acids is 1. The summed E-state index contributed by atoms with van der Waals surface area (Å²) in [5, 5.41) is 6.50. The lowest BCUT2D eigenvalue weighted by Gasteiger charge is -2.05. The molecule has 1 aromatic heterocycles. The zero-order valence-corrected chi connectivity index (χ0v) is 10.4. The Morgan fingerprint density at radius 2 is 2.05 bits per heavy atom. The number of halogens is 2. The summed E-state index contributed by atoms with van der Waals surface area (Å²) in [5.41, 5.74) is 0.206. The monoisotopic (exact) mass is 265 g/mol. The maximum Gasteiger partial charge on any atom is 0.257 e. The molecule has 6 heteroatoms. The minimum atomic E-state index is -0.873. The molecular formula is C13H13F2N3O. The summed E-state index contributed by atoms with van der Waals surface area (Å²) in [6.45, 7) is 2.83. The van der Waals surface area contributed by atoms with Crippen LogP contribution in [0.1, 0.15) is 22.8 Å². The second kappa shape index (κ2) is 5.60. The molecule has 1 heterocycles. The highest BCUT2D eigenvalue weighted by Gasteiger charge is 2.16. The second-order valence-electron chi connectivity index (χ2n) is 3.98. The molecule has 19 heavy (non-hydrogen) atoms. The third-order valence-electron chi connectivity index (χ3n) is 2.65. The first-order valence-corrected chi connectivity index (χ1v) is 5.85. The predicted molar refractivity (Wildman–Crippen MR) is 65.4 cm³/mol. The van der Waals surface area contributed by atoms with Crippen LogP contribution < -0.4 is 5.32 Å². The molecule has 0 spiro atoms. The van der Waals surface area contributed by atoms with E-state index in [0.29, 0.717) is 0 Å². The fourth-order valence-corrected chi connectivity index (χ4v) is 1.66. The number of carbonyl (C=O) groups is 1. The molecule has 0 fully saturated rings. The van der Waals surface area contributed by atoms with Gasteiger partial charge in [-0.25, -0.2) is 8.78 Å². The molecule has 0 aliphatic heterocycles. The molecule has 4 nitrogen and oxygen atoms in total. The average molecular weight is 265 g/mol. The van der Waals surface area contributed by atoms with Crippen LogP contribution in [0.4, 0.5) is 8.78 Å². The van der Waals surface area contributed by atoms with Gasteiger partial charge in [0.1, 0.15) is 17.2 Å². The van der Waals surface area contributed by atoms with Crippen molar-refractivity contribution in [3.05, 3.63) is 53.4 Å². The lowest BCUT2D eigenvalue weighted by atomic mass is 10.2. The normalized spacial score (nSPS) is 10.5. The van der Waals surface area contributed by atoms with E-state index >= 15 is 0 Å². The third kappa shape index (κ3) is 2.96. The first-order chi connectivity index (χ1) is 9.11. The maximum atomic E-state index is 13.4. The Morgan fingerprint density at radius 3 is 2.63 bits per heavy atom. The topological polar surface area (TPSA) is 46.9 Å². The first-order valence-electron chi connectivity index (χ1n) is 5.85. The van der Waals surface area contributed by atoms with Crippen molar-refractivity contribution in [2.45, 2.75) is 20.0 Å². The molecule has 1 N–H and O–H groups in total. The van der Waals surface area contributed by atoms with Gasteiger partial charge >= 0.3 is 0 Å². The quantitative estimate of drug-likeness (QED) is 0.920. The van der Waals surface area contributed by atoms with Crippen molar-refractivity contribution in [1.82, 2.24) is 15.1 Å². The molecule has 0 atom stereocenters. The summed E-state index contributed by atoms with van der Waals surface area (Å²) in [6, 6.07) is 3.31. The Morgan fingerprint density at radius 1 is 1.37 bits per heavy atom. The molecule has 2 aromatic rings. The van der Waals surface area contributed by atoms with Crippen molar-refractivity contribution in [2.24, 2.45) is 0 Å². The molecule has 0 saturated heterocycles. The number of aryl methyl sites for hydroxylation is 1. The molecule has 0 radical (unpaired) electrons. The van der Waals surface area contributed by atoms with Crippen molar-refractivity contribution in [3.63, 3.8) is 0 Å². The zero-order chi connectivity index (χ0) is 13.8. The molecule has 1 amide bonds. The highest BCUT2D eigenvalue weighted by Crippen LogP contribution is 2.12.